The molecule has 0 spiro atoms. The fourth-order valence-corrected chi connectivity index (χ4v) is 3.95. The minimum Gasteiger partial charge on any atom is -0.497 e. The first-order valence-corrected chi connectivity index (χ1v) is 10.2. The van der Waals surface area contributed by atoms with Crippen molar-refractivity contribution < 1.29 is 4.74 Å². The molecule has 0 radical (unpaired) electrons. The number of nitrogen functional groups attached to an aromatic ring is 1. The van der Waals surface area contributed by atoms with Crippen LogP contribution in [0.3, 0.4) is 0 Å². The van der Waals surface area contributed by atoms with E-state index in [2.05, 4.69) is 48.6 Å². The van der Waals surface area contributed by atoms with Crippen LogP contribution in [0.1, 0.15) is 26.3 Å². The number of methoxy groups -OCH3 is 1. The fraction of sp³-hybridized carbons (Fsp3) is 0.429. The van der Waals surface area contributed by atoms with E-state index in [1.807, 2.05) is 18.2 Å². The number of anilines is 1. The highest BCUT2D eigenvalue weighted by Crippen LogP contribution is 2.35. The molecule has 150 valence electrons. The van der Waals surface area contributed by atoms with Crippen LogP contribution in [0, 0.1) is 12.3 Å². The Balaban J connectivity index is 1.91. The maximum atomic E-state index is 6.09. The largest absolute Gasteiger partial charge is 0.497 e. The summed E-state index contributed by atoms with van der Waals surface area (Å²) in [5, 5.41) is 4.45. The summed E-state index contributed by atoms with van der Waals surface area (Å²) in [5.41, 5.74) is 9.28. The number of benzene rings is 1. The number of pyridine rings is 1. The number of fused-ring (bicyclic) bond motifs is 1. The van der Waals surface area contributed by atoms with Crippen molar-refractivity contribution >= 4 is 28.6 Å². The van der Waals surface area contributed by atoms with E-state index in [9.17, 15) is 0 Å². The third-order valence-electron chi connectivity index (χ3n) is 4.42. The molecule has 28 heavy (non-hydrogen) atoms. The molecule has 0 unspecified atom stereocenters. The highest BCUT2D eigenvalue weighted by Gasteiger charge is 2.16. The lowest BCUT2D eigenvalue weighted by Crippen LogP contribution is -2.29. The van der Waals surface area contributed by atoms with Crippen LogP contribution in [-0.2, 0) is 6.54 Å². The quantitative estimate of drug-likeness (QED) is 0.582. The molecule has 0 fully saturated rings. The summed E-state index contributed by atoms with van der Waals surface area (Å²) in [6.45, 7) is 11.4. The van der Waals surface area contributed by atoms with E-state index in [-0.39, 0.29) is 5.41 Å². The van der Waals surface area contributed by atoms with E-state index in [1.54, 1.807) is 25.1 Å². The third kappa shape index (κ3) is 4.77. The van der Waals surface area contributed by atoms with Crippen LogP contribution in [0.2, 0.25) is 0 Å². The van der Waals surface area contributed by atoms with Gasteiger partial charge in [0.25, 0.3) is 0 Å². The molecule has 3 rings (SSSR count). The molecular weight excluding hydrogens is 370 g/mol. The molecule has 2 aromatic heterocycles. The highest BCUT2D eigenvalue weighted by molar-refractivity contribution is 7.99. The highest BCUT2D eigenvalue weighted by atomic mass is 32.2. The van der Waals surface area contributed by atoms with Crippen molar-refractivity contribution in [3.8, 4) is 5.75 Å². The third-order valence-corrected chi connectivity index (χ3v) is 5.58. The minimum absolute atomic E-state index is 0.251. The van der Waals surface area contributed by atoms with E-state index in [4.69, 9.17) is 15.5 Å². The maximum Gasteiger partial charge on any atom is 0.174 e. The van der Waals surface area contributed by atoms with Crippen molar-refractivity contribution in [2.24, 2.45) is 5.41 Å². The molecule has 2 heterocycles. The second-order valence-electron chi connectivity index (χ2n) is 8.08. The van der Waals surface area contributed by atoms with E-state index in [0.29, 0.717) is 5.82 Å². The predicted molar refractivity (Wildman–Crippen MR) is 116 cm³/mol. The summed E-state index contributed by atoms with van der Waals surface area (Å²) in [4.78, 5) is 10.1. The van der Waals surface area contributed by atoms with Gasteiger partial charge in [0.15, 0.2) is 11.0 Å². The van der Waals surface area contributed by atoms with E-state index in [1.165, 1.54) is 5.56 Å². The molecule has 6 nitrogen and oxygen atoms in total. The van der Waals surface area contributed by atoms with E-state index >= 15 is 0 Å². The zero-order valence-electron chi connectivity index (χ0n) is 17.2. The molecule has 0 aliphatic rings. The van der Waals surface area contributed by atoms with Crippen LogP contribution in [0.25, 0.3) is 11.0 Å². The van der Waals surface area contributed by atoms with Gasteiger partial charge in [-0.1, -0.05) is 38.6 Å². The Morgan fingerprint density at radius 3 is 2.75 bits per heavy atom. The van der Waals surface area contributed by atoms with Crippen LogP contribution in [0.5, 0.6) is 5.75 Å². The second-order valence-corrected chi connectivity index (χ2v) is 9.09. The van der Waals surface area contributed by atoms with Gasteiger partial charge >= 0.3 is 0 Å². The molecule has 0 amide bonds. The number of ether oxygens (including phenoxy) is 1. The lowest BCUT2D eigenvalue weighted by molar-refractivity contribution is 0.375. The van der Waals surface area contributed by atoms with E-state index in [0.717, 1.165) is 46.5 Å². The summed E-state index contributed by atoms with van der Waals surface area (Å²) in [6, 6.07) is 8.06. The zero-order valence-corrected chi connectivity index (χ0v) is 18.1. The molecule has 0 bridgehead atoms. The lowest BCUT2D eigenvalue weighted by Gasteiger charge is -2.19. The first kappa shape index (κ1) is 20.5. The molecule has 0 aliphatic carbocycles. The van der Waals surface area contributed by atoms with Crippen molar-refractivity contribution in [1.29, 1.82) is 0 Å². The van der Waals surface area contributed by atoms with Crippen molar-refractivity contribution in [1.82, 2.24) is 19.9 Å². The minimum atomic E-state index is 0.251. The van der Waals surface area contributed by atoms with Gasteiger partial charge in [-0.15, -0.1) is 0 Å². The molecule has 0 saturated heterocycles. The molecule has 0 saturated carbocycles. The lowest BCUT2D eigenvalue weighted by atomic mass is 9.97. The van der Waals surface area contributed by atoms with Gasteiger partial charge in [-0.25, -0.2) is 9.97 Å². The molecule has 0 atom stereocenters. The van der Waals surface area contributed by atoms with Crippen LogP contribution in [-0.4, -0.2) is 34.7 Å². The Hall–Kier alpha value is -2.25. The SMILES string of the molecule is COc1ccc(C)c(Sc2nc3c(N)nccc3n2CCNCC(C)(C)C)c1. The summed E-state index contributed by atoms with van der Waals surface area (Å²) in [5.74, 6) is 1.30. The van der Waals surface area contributed by atoms with Gasteiger partial charge in [0, 0.05) is 30.7 Å². The molecular formula is C21H29N5OS. The van der Waals surface area contributed by atoms with Crippen LogP contribution < -0.4 is 15.8 Å². The van der Waals surface area contributed by atoms with Gasteiger partial charge in [0.1, 0.15) is 11.3 Å². The number of hydrogen-bond acceptors (Lipinski definition) is 6. The standard InChI is InChI=1S/C21H29N5OS/c1-14-6-7-15(27-5)12-17(14)28-20-25-18-16(8-9-24-19(18)22)26(20)11-10-23-13-21(2,3)4/h6-9,12,23H,10-11,13H2,1-5H3,(H2,22,24). The fourth-order valence-electron chi connectivity index (χ4n) is 2.91. The maximum absolute atomic E-state index is 6.09. The summed E-state index contributed by atoms with van der Waals surface area (Å²) in [6.07, 6.45) is 1.74. The molecule has 3 aromatic rings. The zero-order chi connectivity index (χ0) is 20.3. The normalized spacial score (nSPS) is 11.9. The molecule has 1 aromatic carbocycles. The number of nitrogens with zero attached hydrogens (tertiary/aromatic N) is 3. The number of hydrogen-bond donors (Lipinski definition) is 2. The van der Waals surface area contributed by atoms with Crippen LogP contribution in [0.15, 0.2) is 40.5 Å². The van der Waals surface area contributed by atoms with Gasteiger partial charge in [-0.3, -0.25) is 0 Å². The average molecular weight is 400 g/mol. The number of nitrogens with one attached hydrogen (secondary N) is 1. The van der Waals surface area contributed by atoms with E-state index < -0.39 is 0 Å². The number of aromatic nitrogens is 3. The van der Waals surface area contributed by atoms with Crippen LogP contribution in [0.4, 0.5) is 5.82 Å². The Morgan fingerprint density at radius 2 is 2.04 bits per heavy atom. The molecule has 3 N–H and O–H groups in total. The van der Waals surface area contributed by atoms with Gasteiger partial charge in [-0.2, -0.15) is 0 Å². The van der Waals surface area contributed by atoms with Crippen molar-refractivity contribution in [2.75, 3.05) is 25.9 Å². The Labute approximate surface area is 170 Å². The summed E-state index contributed by atoms with van der Waals surface area (Å²) in [7, 11) is 1.68. The monoisotopic (exact) mass is 399 g/mol. The number of rotatable bonds is 7. The number of nitrogens with two attached hydrogens (primary N) is 1. The predicted octanol–water partition coefficient (Wildman–Crippen LogP) is 4.12. The van der Waals surface area contributed by atoms with Crippen molar-refractivity contribution in [2.45, 2.75) is 44.3 Å². The smallest absolute Gasteiger partial charge is 0.174 e. The second kappa shape index (κ2) is 8.41. The first-order valence-electron chi connectivity index (χ1n) is 9.42. The average Bonchev–Trinajstić information content (AvgIpc) is 2.98. The number of aryl methyl sites for hydroxylation is 1. The van der Waals surface area contributed by atoms with Gasteiger partial charge in [0.2, 0.25) is 0 Å². The summed E-state index contributed by atoms with van der Waals surface area (Å²) >= 11 is 1.63. The van der Waals surface area contributed by atoms with Crippen molar-refractivity contribution in [3.05, 3.63) is 36.0 Å². The van der Waals surface area contributed by atoms with Gasteiger partial charge in [-0.05, 0) is 36.1 Å². The summed E-state index contributed by atoms with van der Waals surface area (Å²) < 4.78 is 7.60. The Bertz CT molecular complexity index is 961. The Morgan fingerprint density at radius 1 is 1.25 bits per heavy atom. The molecule has 0 aliphatic heterocycles. The van der Waals surface area contributed by atoms with Gasteiger partial charge < -0.3 is 20.4 Å². The number of imidazole rings is 1. The van der Waals surface area contributed by atoms with Crippen molar-refractivity contribution in [3.63, 3.8) is 0 Å². The molecule has 7 heteroatoms. The van der Waals surface area contributed by atoms with Gasteiger partial charge in [0.05, 0.1) is 12.6 Å². The van der Waals surface area contributed by atoms with Crippen LogP contribution >= 0.6 is 11.8 Å². The topological polar surface area (TPSA) is 78.0 Å². The Kier molecular flexibility index (Phi) is 6.15. The first-order chi connectivity index (χ1) is 13.3.